The molecule has 1 saturated carbocycles. The third-order valence-corrected chi connectivity index (χ3v) is 5.30. The van der Waals surface area contributed by atoms with Gasteiger partial charge in [-0.25, -0.2) is 0 Å². The van der Waals surface area contributed by atoms with Gasteiger partial charge in [-0.2, -0.15) is 0 Å². The second-order valence-corrected chi connectivity index (χ2v) is 6.73. The first-order chi connectivity index (χ1) is 9.08. The van der Waals surface area contributed by atoms with Gasteiger partial charge in [0.05, 0.1) is 0 Å². The van der Waals surface area contributed by atoms with Crippen LogP contribution in [0, 0.1) is 18.3 Å². The topological polar surface area (TPSA) is 26.0 Å². The zero-order valence-electron chi connectivity index (χ0n) is 12.2. The summed E-state index contributed by atoms with van der Waals surface area (Å²) in [6.45, 7) is 5.17. The number of rotatable bonds is 4. The molecule has 106 valence electrons. The SMILES string of the molecule is CCC1CCC(CN)(Cc2ccc(C)cc2Cl)CC1. The van der Waals surface area contributed by atoms with Crippen LogP contribution in [-0.4, -0.2) is 6.54 Å². The molecule has 1 fully saturated rings. The summed E-state index contributed by atoms with van der Waals surface area (Å²) in [5.41, 5.74) is 8.89. The van der Waals surface area contributed by atoms with Crippen LogP contribution in [0.25, 0.3) is 0 Å². The molecule has 0 unspecified atom stereocenters. The molecule has 0 amide bonds. The van der Waals surface area contributed by atoms with E-state index in [1.54, 1.807) is 0 Å². The van der Waals surface area contributed by atoms with Crippen LogP contribution in [0.15, 0.2) is 18.2 Å². The van der Waals surface area contributed by atoms with Crippen LogP contribution < -0.4 is 5.73 Å². The van der Waals surface area contributed by atoms with Crippen molar-refractivity contribution in [1.29, 1.82) is 0 Å². The Bertz CT molecular complexity index is 419. The third-order valence-electron chi connectivity index (χ3n) is 4.95. The summed E-state index contributed by atoms with van der Waals surface area (Å²) < 4.78 is 0. The van der Waals surface area contributed by atoms with E-state index in [4.69, 9.17) is 17.3 Å². The van der Waals surface area contributed by atoms with Gasteiger partial charge in [-0.3, -0.25) is 0 Å². The van der Waals surface area contributed by atoms with E-state index < -0.39 is 0 Å². The molecule has 1 aliphatic rings. The van der Waals surface area contributed by atoms with Gasteiger partial charge < -0.3 is 5.73 Å². The minimum atomic E-state index is 0.282. The lowest BCUT2D eigenvalue weighted by Crippen LogP contribution is -2.36. The van der Waals surface area contributed by atoms with Crippen LogP contribution in [0.4, 0.5) is 0 Å². The second-order valence-electron chi connectivity index (χ2n) is 6.33. The lowest BCUT2D eigenvalue weighted by atomic mass is 9.67. The van der Waals surface area contributed by atoms with Crippen molar-refractivity contribution in [2.24, 2.45) is 17.1 Å². The Hall–Kier alpha value is -0.530. The van der Waals surface area contributed by atoms with Crippen LogP contribution in [-0.2, 0) is 6.42 Å². The molecule has 0 aromatic heterocycles. The van der Waals surface area contributed by atoms with Gasteiger partial charge in [-0.05, 0) is 74.1 Å². The summed E-state index contributed by atoms with van der Waals surface area (Å²) in [5.74, 6) is 0.910. The Labute approximate surface area is 122 Å². The summed E-state index contributed by atoms with van der Waals surface area (Å²) in [6, 6.07) is 6.41. The fraction of sp³-hybridized carbons (Fsp3) is 0.647. The minimum Gasteiger partial charge on any atom is -0.330 e. The Kier molecular flexibility index (Phi) is 4.92. The highest BCUT2D eigenvalue weighted by atomic mass is 35.5. The van der Waals surface area contributed by atoms with Gasteiger partial charge in [-0.1, -0.05) is 37.1 Å². The van der Waals surface area contributed by atoms with Gasteiger partial charge in [0, 0.05) is 5.02 Å². The second kappa shape index (κ2) is 6.28. The lowest BCUT2D eigenvalue weighted by Gasteiger charge is -2.39. The van der Waals surface area contributed by atoms with Crippen molar-refractivity contribution in [3.05, 3.63) is 34.3 Å². The average molecular weight is 280 g/mol. The molecule has 0 bridgehead atoms. The van der Waals surface area contributed by atoms with Gasteiger partial charge in [0.1, 0.15) is 0 Å². The van der Waals surface area contributed by atoms with Gasteiger partial charge in [0.25, 0.3) is 0 Å². The number of halogens is 1. The lowest BCUT2D eigenvalue weighted by molar-refractivity contribution is 0.153. The van der Waals surface area contributed by atoms with Crippen LogP contribution >= 0.6 is 11.6 Å². The molecule has 1 aliphatic carbocycles. The Morgan fingerprint density at radius 1 is 1.32 bits per heavy atom. The van der Waals surface area contributed by atoms with E-state index in [0.29, 0.717) is 0 Å². The van der Waals surface area contributed by atoms with Crippen molar-refractivity contribution >= 4 is 11.6 Å². The molecular formula is C17H26ClN. The van der Waals surface area contributed by atoms with Crippen molar-refractivity contribution < 1.29 is 0 Å². The summed E-state index contributed by atoms with van der Waals surface area (Å²) in [7, 11) is 0. The first-order valence-corrected chi connectivity index (χ1v) is 7.91. The maximum atomic E-state index is 6.38. The number of nitrogens with two attached hydrogens (primary N) is 1. The van der Waals surface area contributed by atoms with Crippen molar-refractivity contribution in [1.82, 2.24) is 0 Å². The third kappa shape index (κ3) is 3.52. The number of aryl methyl sites for hydroxylation is 1. The van der Waals surface area contributed by atoms with Gasteiger partial charge in [-0.15, -0.1) is 0 Å². The zero-order valence-corrected chi connectivity index (χ0v) is 13.0. The predicted molar refractivity (Wildman–Crippen MR) is 83.6 cm³/mol. The molecule has 0 radical (unpaired) electrons. The van der Waals surface area contributed by atoms with Crippen LogP contribution in [0.2, 0.25) is 5.02 Å². The summed E-state index contributed by atoms with van der Waals surface area (Å²) in [4.78, 5) is 0. The van der Waals surface area contributed by atoms with Crippen LogP contribution in [0.1, 0.15) is 50.2 Å². The highest BCUT2D eigenvalue weighted by molar-refractivity contribution is 6.31. The molecule has 2 rings (SSSR count). The quantitative estimate of drug-likeness (QED) is 0.847. The van der Waals surface area contributed by atoms with Crippen LogP contribution in [0.5, 0.6) is 0 Å². The number of hydrogen-bond donors (Lipinski definition) is 1. The summed E-state index contributed by atoms with van der Waals surface area (Å²) in [6.07, 6.45) is 7.53. The molecular weight excluding hydrogens is 254 g/mol. The molecule has 2 N–H and O–H groups in total. The molecule has 0 saturated heterocycles. The van der Waals surface area contributed by atoms with Crippen molar-refractivity contribution in [2.45, 2.75) is 52.4 Å². The van der Waals surface area contributed by atoms with Gasteiger partial charge >= 0.3 is 0 Å². The van der Waals surface area contributed by atoms with E-state index in [1.165, 1.54) is 43.2 Å². The van der Waals surface area contributed by atoms with E-state index in [2.05, 4.69) is 32.0 Å². The van der Waals surface area contributed by atoms with Crippen molar-refractivity contribution in [2.75, 3.05) is 6.54 Å². The van der Waals surface area contributed by atoms with Crippen molar-refractivity contribution in [3.63, 3.8) is 0 Å². The predicted octanol–water partition coefficient (Wildman–Crippen LogP) is 4.74. The normalized spacial score (nSPS) is 27.5. The van der Waals surface area contributed by atoms with E-state index in [0.717, 1.165) is 23.9 Å². The molecule has 0 spiro atoms. The van der Waals surface area contributed by atoms with Gasteiger partial charge in [0.15, 0.2) is 0 Å². The molecule has 1 aromatic rings. The number of hydrogen-bond acceptors (Lipinski definition) is 1. The monoisotopic (exact) mass is 279 g/mol. The molecule has 0 atom stereocenters. The molecule has 0 heterocycles. The van der Waals surface area contributed by atoms with E-state index in [1.807, 2.05) is 0 Å². The standard InChI is InChI=1S/C17H26ClN/c1-3-14-6-8-17(12-19,9-7-14)11-15-5-4-13(2)10-16(15)18/h4-5,10,14H,3,6-9,11-12,19H2,1-2H3. The molecule has 19 heavy (non-hydrogen) atoms. The molecule has 2 heteroatoms. The highest BCUT2D eigenvalue weighted by Crippen LogP contribution is 2.42. The largest absolute Gasteiger partial charge is 0.330 e. The summed E-state index contributed by atoms with van der Waals surface area (Å²) in [5, 5.41) is 0.908. The zero-order chi connectivity index (χ0) is 13.9. The average Bonchev–Trinajstić information content (AvgIpc) is 2.43. The smallest absolute Gasteiger partial charge is 0.0440 e. The van der Waals surface area contributed by atoms with E-state index in [-0.39, 0.29) is 5.41 Å². The maximum Gasteiger partial charge on any atom is 0.0440 e. The van der Waals surface area contributed by atoms with Crippen LogP contribution in [0.3, 0.4) is 0 Å². The Morgan fingerprint density at radius 3 is 2.53 bits per heavy atom. The highest BCUT2D eigenvalue weighted by Gasteiger charge is 2.34. The molecule has 1 aromatic carbocycles. The first kappa shape index (κ1) is 14.9. The minimum absolute atomic E-state index is 0.282. The first-order valence-electron chi connectivity index (χ1n) is 7.53. The number of benzene rings is 1. The Balaban J connectivity index is 2.10. The fourth-order valence-electron chi connectivity index (χ4n) is 3.35. The maximum absolute atomic E-state index is 6.38. The van der Waals surface area contributed by atoms with E-state index in [9.17, 15) is 0 Å². The summed E-state index contributed by atoms with van der Waals surface area (Å²) >= 11 is 6.38. The van der Waals surface area contributed by atoms with E-state index >= 15 is 0 Å². The van der Waals surface area contributed by atoms with Gasteiger partial charge in [0.2, 0.25) is 0 Å². The molecule has 0 aliphatic heterocycles. The molecule has 1 nitrogen and oxygen atoms in total. The Morgan fingerprint density at radius 2 is 2.00 bits per heavy atom. The van der Waals surface area contributed by atoms with Crippen molar-refractivity contribution in [3.8, 4) is 0 Å². The fourth-order valence-corrected chi connectivity index (χ4v) is 3.65.